The average molecular weight is 301 g/mol. The Balaban J connectivity index is 1.99. The molecule has 0 saturated carbocycles. The molecule has 9 heteroatoms. The van der Waals surface area contributed by atoms with Gasteiger partial charge in [0, 0.05) is 30.7 Å². The molecule has 19 heavy (non-hydrogen) atoms. The van der Waals surface area contributed by atoms with Gasteiger partial charge in [-0.05, 0) is 6.07 Å². The quantitative estimate of drug-likeness (QED) is 0.726. The van der Waals surface area contributed by atoms with Crippen LogP contribution in [0, 0.1) is 0 Å². The van der Waals surface area contributed by atoms with Crippen molar-refractivity contribution in [3.05, 3.63) is 34.5 Å². The first-order chi connectivity index (χ1) is 8.99. The van der Waals surface area contributed by atoms with E-state index in [9.17, 15) is 13.2 Å². The van der Waals surface area contributed by atoms with E-state index in [0.29, 0.717) is 12.2 Å². The lowest BCUT2D eigenvalue weighted by Gasteiger charge is -2.03. The Morgan fingerprint density at radius 2 is 2.32 bits per heavy atom. The number of nitrogens with one attached hydrogen (secondary N) is 2. The minimum atomic E-state index is -3.67. The zero-order valence-corrected chi connectivity index (χ0v) is 11.3. The van der Waals surface area contributed by atoms with E-state index in [1.807, 2.05) is 0 Å². The number of aromatic nitrogens is 2. The number of sulfonamides is 1. The van der Waals surface area contributed by atoms with Crippen molar-refractivity contribution >= 4 is 27.3 Å². The van der Waals surface area contributed by atoms with Gasteiger partial charge < -0.3 is 10.1 Å². The summed E-state index contributed by atoms with van der Waals surface area (Å²) in [5, 5.41) is 10.1. The summed E-state index contributed by atoms with van der Waals surface area (Å²) in [5.41, 5.74) is 0. The van der Waals surface area contributed by atoms with Crippen LogP contribution < -0.4 is 4.72 Å². The maximum Gasteiger partial charge on any atom is 0.345 e. The van der Waals surface area contributed by atoms with Gasteiger partial charge in [-0.2, -0.15) is 0 Å². The maximum atomic E-state index is 11.9. The Bertz CT molecular complexity index is 661. The van der Waals surface area contributed by atoms with Crippen LogP contribution in [0.5, 0.6) is 0 Å². The highest BCUT2D eigenvalue weighted by Gasteiger charge is 2.18. The SMILES string of the molecule is O=C(O)c1cc(S(=O)(=O)NCCc2ncc[nH]2)cs1. The average Bonchev–Trinajstić information content (AvgIpc) is 2.99. The third-order valence-electron chi connectivity index (χ3n) is 2.31. The van der Waals surface area contributed by atoms with Crippen LogP contribution in [0.3, 0.4) is 0 Å². The molecule has 0 radical (unpaired) electrons. The Hall–Kier alpha value is -1.71. The van der Waals surface area contributed by atoms with Crippen LogP contribution in [0.4, 0.5) is 0 Å². The third-order valence-corrected chi connectivity index (χ3v) is 4.81. The summed E-state index contributed by atoms with van der Waals surface area (Å²) in [5.74, 6) is -0.457. The predicted molar refractivity (Wildman–Crippen MR) is 68.8 cm³/mol. The van der Waals surface area contributed by atoms with Crippen LogP contribution >= 0.6 is 11.3 Å². The van der Waals surface area contributed by atoms with Crippen LogP contribution in [0.2, 0.25) is 0 Å². The van der Waals surface area contributed by atoms with E-state index in [2.05, 4.69) is 14.7 Å². The normalized spacial score (nSPS) is 11.6. The molecule has 2 aromatic heterocycles. The molecule has 0 aromatic carbocycles. The molecular weight excluding hydrogens is 290 g/mol. The number of hydrogen-bond donors (Lipinski definition) is 3. The smallest absolute Gasteiger partial charge is 0.345 e. The van der Waals surface area contributed by atoms with Crippen LogP contribution in [0.1, 0.15) is 15.5 Å². The highest BCUT2D eigenvalue weighted by Crippen LogP contribution is 2.18. The van der Waals surface area contributed by atoms with Gasteiger partial charge in [-0.1, -0.05) is 0 Å². The van der Waals surface area contributed by atoms with Crippen molar-refractivity contribution in [3.8, 4) is 0 Å². The second kappa shape index (κ2) is 5.51. The summed E-state index contributed by atoms with van der Waals surface area (Å²) in [6.45, 7) is 0.189. The van der Waals surface area contributed by atoms with Gasteiger partial charge in [0.05, 0.1) is 4.90 Å². The van der Waals surface area contributed by atoms with Crippen LogP contribution in [-0.2, 0) is 16.4 Å². The fourth-order valence-corrected chi connectivity index (χ4v) is 3.54. The minimum Gasteiger partial charge on any atom is -0.477 e. The second-order valence-electron chi connectivity index (χ2n) is 3.64. The molecule has 2 aromatic rings. The minimum absolute atomic E-state index is 0.00795. The zero-order chi connectivity index (χ0) is 13.9. The lowest BCUT2D eigenvalue weighted by Crippen LogP contribution is -2.25. The van der Waals surface area contributed by atoms with Crippen LogP contribution in [0.15, 0.2) is 28.7 Å². The number of thiophene rings is 1. The summed E-state index contributed by atoms with van der Waals surface area (Å²) < 4.78 is 26.1. The third kappa shape index (κ3) is 3.40. The molecule has 0 aliphatic rings. The lowest BCUT2D eigenvalue weighted by molar-refractivity contribution is 0.0702. The predicted octanol–water partition coefficient (Wildman–Crippen LogP) is 0.690. The number of carbonyl (C=O) groups is 1. The number of H-pyrrole nitrogens is 1. The monoisotopic (exact) mass is 301 g/mol. The summed E-state index contributed by atoms with van der Waals surface area (Å²) >= 11 is 0.879. The number of aromatic amines is 1. The highest BCUT2D eigenvalue weighted by atomic mass is 32.2. The Morgan fingerprint density at radius 1 is 1.53 bits per heavy atom. The molecule has 102 valence electrons. The van der Waals surface area contributed by atoms with Crippen molar-refractivity contribution in [2.45, 2.75) is 11.3 Å². The summed E-state index contributed by atoms with van der Waals surface area (Å²) in [6, 6.07) is 1.14. The molecule has 0 atom stereocenters. The van der Waals surface area contributed by atoms with Gasteiger partial charge in [-0.3, -0.25) is 0 Å². The second-order valence-corrected chi connectivity index (χ2v) is 6.31. The molecule has 0 fully saturated rings. The number of imidazole rings is 1. The molecule has 2 heterocycles. The highest BCUT2D eigenvalue weighted by molar-refractivity contribution is 7.89. The molecule has 0 spiro atoms. The van der Waals surface area contributed by atoms with Gasteiger partial charge in [0.1, 0.15) is 10.7 Å². The van der Waals surface area contributed by atoms with Gasteiger partial charge in [0.2, 0.25) is 10.0 Å². The number of hydrogen-bond acceptors (Lipinski definition) is 5. The van der Waals surface area contributed by atoms with Gasteiger partial charge >= 0.3 is 5.97 Å². The molecule has 7 nitrogen and oxygen atoms in total. The number of carboxylic acid groups (broad SMARTS) is 1. The van der Waals surface area contributed by atoms with Gasteiger partial charge in [-0.15, -0.1) is 11.3 Å². The molecule has 0 bridgehead atoms. The largest absolute Gasteiger partial charge is 0.477 e. The lowest BCUT2D eigenvalue weighted by atomic mass is 10.4. The number of aromatic carboxylic acids is 1. The van der Waals surface area contributed by atoms with E-state index in [1.165, 1.54) is 5.38 Å². The first-order valence-electron chi connectivity index (χ1n) is 5.29. The number of nitrogens with zero attached hydrogens (tertiary/aromatic N) is 1. The Kier molecular flexibility index (Phi) is 3.98. The summed E-state index contributed by atoms with van der Waals surface area (Å²) in [4.78, 5) is 17.5. The Morgan fingerprint density at radius 3 is 2.89 bits per heavy atom. The first kappa shape index (κ1) is 13.7. The van der Waals surface area contributed by atoms with Crippen molar-refractivity contribution < 1.29 is 18.3 Å². The van der Waals surface area contributed by atoms with E-state index in [-0.39, 0.29) is 16.3 Å². The van der Waals surface area contributed by atoms with Crippen LogP contribution in [-0.4, -0.2) is 36.0 Å². The van der Waals surface area contributed by atoms with Gasteiger partial charge in [0.25, 0.3) is 0 Å². The Labute approximate surface area is 113 Å². The molecule has 3 N–H and O–H groups in total. The van der Waals surface area contributed by atoms with E-state index in [4.69, 9.17) is 5.11 Å². The maximum absolute atomic E-state index is 11.9. The van der Waals surface area contributed by atoms with E-state index in [1.54, 1.807) is 12.4 Å². The fraction of sp³-hybridized carbons (Fsp3) is 0.200. The van der Waals surface area contributed by atoms with Crippen LogP contribution in [0.25, 0.3) is 0 Å². The van der Waals surface area contributed by atoms with Crippen molar-refractivity contribution in [2.24, 2.45) is 0 Å². The molecular formula is C10H11N3O4S2. The zero-order valence-electron chi connectivity index (χ0n) is 9.66. The fourth-order valence-electron chi connectivity index (χ4n) is 1.39. The van der Waals surface area contributed by atoms with E-state index >= 15 is 0 Å². The van der Waals surface area contributed by atoms with Crippen molar-refractivity contribution in [2.75, 3.05) is 6.54 Å². The molecule has 0 unspecified atom stereocenters. The topological polar surface area (TPSA) is 112 Å². The molecule has 0 amide bonds. The van der Waals surface area contributed by atoms with E-state index < -0.39 is 16.0 Å². The number of carboxylic acids is 1. The molecule has 0 saturated heterocycles. The molecule has 2 rings (SSSR count). The number of rotatable bonds is 6. The molecule has 0 aliphatic carbocycles. The van der Waals surface area contributed by atoms with Crippen molar-refractivity contribution in [3.63, 3.8) is 0 Å². The molecule has 0 aliphatic heterocycles. The summed E-state index contributed by atoms with van der Waals surface area (Å²) in [6.07, 6.45) is 3.67. The standard InChI is InChI=1S/C10H11N3O4S2/c14-10(15)8-5-7(6-18-8)19(16,17)13-2-1-9-11-3-4-12-9/h3-6,13H,1-2H2,(H,11,12)(H,14,15). The van der Waals surface area contributed by atoms with E-state index in [0.717, 1.165) is 17.4 Å². The van der Waals surface area contributed by atoms with Crippen molar-refractivity contribution in [1.29, 1.82) is 0 Å². The summed E-state index contributed by atoms with van der Waals surface area (Å²) in [7, 11) is -3.67. The first-order valence-corrected chi connectivity index (χ1v) is 7.65. The van der Waals surface area contributed by atoms with Gasteiger partial charge in [0.15, 0.2) is 0 Å². The van der Waals surface area contributed by atoms with Gasteiger partial charge in [-0.25, -0.2) is 22.9 Å². The van der Waals surface area contributed by atoms with Crippen molar-refractivity contribution in [1.82, 2.24) is 14.7 Å².